The van der Waals surface area contributed by atoms with E-state index in [1.54, 1.807) is 0 Å². The summed E-state index contributed by atoms with van der Waals surface area (Å²) in [5.41, 5.74) is 11.3. The molecule has 6 N–H and O–H groups in total. The lowest BCUT2D eigenvalue weighted by molar-refractivity contribution is 0.0495. The molecular formula is C16H40N4O2. The van der Waals surface area contributed by atoms with E-state index in [-0.39, 0.29) is 11.1 Å². The Morgan fingerprint density at radius 3 is 1.27 bits per heavy atom. The third-order valence-electron chi connectivity index (χ3n) is 2.38. The summed E-state index contributed by atoms with van der Waals surface area (Å²) < 4.78 is 10.9. The van der Waals surface area contributed by atoms with Crippen LogP contribution < -0.4 is 22.1 Å². The van der Waals surface area contributed by atoms with Crippen molar-refractivity contribution in [1.82, 2.24) is 10.6 Å². The summed E-state index contributed by atoms with van der Waals surface area (Å²) in [7, 11) is 0. The lowest BCUT2D eigenvalue weighted by Gasteiger charge is -2.19. The van der Waals surface area contributed by atoms with Crippen molar-refractivity contribution in [2.24, 2.45) is 11.5 Å². The summed E-state index contributed by atoms with van der Waals surface area (Å²) in [6.45, 7) is 17.8. The summed E-state index contributed by atoms with van der Waals surface area (Å²) in [5.74, 6) is 0. The summed E-state index contributed by atoms with van der Waals surface area (Å²) in [6, 6.07) is 0. The molecule has 136 valence electrons. The van der Waals surface area contributed by atoms with Crippen LogP contribution in [0.15, 0.2) is 0 Å². The van der Waals surface area contributed by atoms with Crippen LogP contribution in [0.4, 0.5) is 0 Å². The van der Waals surface area contributed by atoms with E-state index in [0.717, 1.165) is 26.2 Å². The van der Waals surface area contributed by atoms with Gasteiger partial charge in [-0.1, -0.05) is 13.8 Å². The van der Waals surface area contributed by atoms with E-state index < -0.39 is 0 Å². The van der Waals surface area contributed by atoms with Gasteiger partial charge in [-0.2, -0.15) is 0 Å². The molecule has 0 aliphatic rings. The van der Waals surface area contributed by atoms with Crippen molar-refractivity contribution in [2.75, 3.05) is 52.6 Å². The fraction of sp³-hybridized carbons (Fsp3) is 1.00. The molecule has 6 heteroatoms. The standard InChI is InChI=1S/C14H34N4O2.C2H6/c1-13(2,15)11-17-5-7-19-9-10-20-8-6-18-12-14(3,4)16;1-2/h17-18H,5-12,15-16H2,1-4H3;1-2H3. The molecule has 0 radical (unpaired) electrons. The molecule has 0 rings (SSSR count). The highest BCUT2D eigenvalue weighted by Crippen LogP contribution is 1.92. The number of hydrogen-bond acceptors (Lipinski definition) is 6. The molecule has 6 nitrogen and oxygen atoms in total. The third-order valence-corrected chi connectivity index (χ3v) is 2.38. The molecule has 0 aromatic carbocycles. The molecule has 0 amide bonds. The smallest absolute Gasteiger partial charge is 0.0701 e. The molecule has 0 aromatic heterocycles. The molecule has 0 aliphatic heterocycles. The second kappa shape index (κ2) is 14.4. The second-order valence-corrected chi connectivity index (χ2v) is 6.56. The van der Waals surface area contributed by atoms with Gasteiger partial charge in [0.05, 0.1) is 26.4 Å². The van der Waals surface area contributed by atoms with E-state index in [2.05, 4.69) is 10.6 Å². The predicted octanol–water partition coefficient (Wildman–Crippen LogP) is 0.700. The summed E-state index contributed by atoms with van der Waals surface area (Å²) in [6.07, 6.45) is 0. The van der Waals surface area contributed by atoms with Crippen molar-refractivity contribution in [2.45, 2.75) is 52.6 Å². The first-order chi connectivity index (χ1) is 10.2. The zero-order valence-corrected chi connectivity index (χ0v) is 15.6. The lowest BCUT2D eigenvalue weighted by Crippen LogP contribution is -2.44. The van der Waals surface area contributed by atoms with Crippen molar-refractivity contribution < 1.29 is 9.47 Å². The number of nitrogens with one attached hydrogen (secondary N) is 2. The highest BCUT2D eigenvalue weighted by Gasteiger charge is 2.09. The maximum absolute atomic E-state index is 5.85. The van der Waals surface area contributed by atoms with Gasteiger partial charge in [0.25, 0.3) is 0 Å². The van der Waals surface area contributed by atoms with Gasteiger partial charge in [-0.25, -0.2) is 0 Å². The molecule has 0 atom stereocenters. The maximum Gasteiger partial charge on any atom is 0.0701 e. The van der Waals surface area contributed by atoms with Crippen molar-refractivity contribution in [3.63, 3.8) is 0 Å². The molecule has 0 unspecified atom stereocenters. The Kier molecular flexibility index (Phi) is 15.7. The van der Waals surface area contributed by atoms with Crippen LogP contribution in [0, 0.1) is 0 Å². The quantitative estimate of drug-likeness (QED) is 0.373. The molecule has 0 spiro atoms. The maximum atomic E-state index is 5.85. The van der Waals surface area contributed by atoms with Crippen LogP contribution in [0.1, 0.15) is 41.5 Å². The van der Waals surface area contributed by atoms with Crippen molar-refractivity contribution in [3.8, 4) is 0 Å². The van der Waals surface area contributed by atoms with E-state index in [9.17, 15) is 0 Å². The monoisotopic (exact) mass is 320 g/mol. The molecule has 0 aliphatic carbocycles. The van der Waals surface area contributed by atoms with E-state index in [1.807, 2.05) is 41.5 Å². The first kappa shape index (κ1) is 24.0. The SMILES string of the molecule is CC.CC(C)(N)CNCCOCCOCCNCC(C)(C)N. The van der Waals surface area contributed by atoms with Crippen LogP contribution in [0.2, 0.25) is 0 Å². The Bertz CT molecular complexity index is 201. The van der Waals surface area contributed by atoms with Gasteiger partial charge < -0.3 is 31.6 Å². The minimum atomic E-state index is -0.172. The minimum Gasteiger partial charge on any atom is -0.378 e. The van der Waals surface area contributed by atoms with Crippen LogP contribution in [0.3, 0.4) is 0 Å². The molecule has 0 fully saturated rings. The molecule has 0 saturated carbocycles. The van der Waals surface area contributed by atoms with Crippen LogP contribution >= 0.6 is 0 Å². The number of hydrogen-bond donors (Lipinski definition) is 4. The van der Waals surface area contributed by atoms with Crippen LogP contribution in [0.5, 0.6) is 0 Å². The first-order valence-corrected chi connectivity index (χ1v) is 8.35. The van der Waals surface area contributed by atoms with Gasteiger partial charge >= 0.3 is 0 Å². The number of rotatable bonds is 13. The fourth-order valence-electron chi connectivity index (χ4n) is 1.43. The van der Waals surface area contributed by atoms with Gasteiger partial charge in [0.1, 0.15) is 0 Å². The van der Waals surface area contributed by atoms with Crippen molar-refractivity contribution in [3.05, 3.63) is 0 Å². The van der Waals surface area contributed by atoms with Gasteiger partial charge in [-0.3, -0.25) is 0 Å². The van der Waals surface area contributed by atoms with Gasteiger partial charge in [0.2, 0.25) is 0 Å². The van der Waals surface area contributed by atoms with Crippen molar-refractivity contribution in [1.29, 1.82) is 0 Å². The molecule has 0 bridgehead atoms. The highest BCUT2D eigenvalue weighted by molar-refractivity contribution is 4.74. The zero-order valence-electron chi connectivity index (χ0n) is 15.6. The van der Waals surface area contributed by atoms with Gasteiger partial charge in [0.15, 0.2) is 0 Å². The first-order valence-electron chi connectivity index (χ1n) is 8.35. The average Bonchev–Trinajstić information content (AvgIpc) is 2.40. The van der Waals surface area contributed by atoms with Crippen LogP contribution in [0.25, 0.3) is 0 Å². The Morgan fingerprint density at radius 1 is 0.682 bits per heavy atom. The Hall–Kier alpha value is -0.240. The Morgan fingerprint density at radius 2 is 1.00 bits per heavy atom. The summed E-state index contributed by atoms with van der Waals surface area (Å²) in [4.78, 5) is 0. The molecule has 0 heterocycles. The molecular weight excluding hydrogens is 280 g/mol. The molecule has 22 heavy (non-hydrogen) atoms. The predicted molar refractivity (Wildman–Crippen MR) is 95.3 cm³/mol. The van der Waals surface area contributed by atoms with E-state index in [4.69, 9.17) is 20.9 Å². The topological polar surface area (TPSA) is 94.6 Å². The van der Waals surface area contributed by atoms with E-state index in [0.29, 0.717) is 26.4 Å². The van der Waals surface area contributed by atoms with E-state index in [1.165, 1.54) is 0 Å². The number of ether oxygens (including phenoxy) is 2. The van der Waals surface area contributed by atoms with Crippen LogP contribution in [-0.4, -0.2) is 63.7 Å². The highest BCUT2D eigenvalue weighted by atomic mass is 16.5. The number of nitrogens with two attached hydrogens (primary N) is 2. The average molecular weight is 321 g/mol. The third kappa shape index (κ3) is 24.8. The van der Waals surface area contributed by atoms with Gasteiger partial charge in [0, 0.05) is 37.3 Å². The van der Waals surface area contributed by atoms with E-state index >= 15 is 0 Å². The fourth-order valence-corrected chi connectivity index (χ4v) is 1.43. The van der Waals surface area contributed by atoms with Gasteiger partial charge in [-0.15, -0.1) is 0 Å². The van der Waals surface area contributed by atoms with Gasteiger partial charge in [-0.05, 0) is 27.7 Å². The Balaban J connectivity index is 0. The molecule has 0 saturated heterocycles. The lowest BCUT2D eigenvalue weighted by atomic mass is 10.1. The summed E-state index contributed by atoms with van der Waals surface area (Å²) in [5, 5.41) is 6.49. The largest absolute Gasteiger partial charge is 0.378 e. The van der Waals surface area contributed by atoms with Crippen molar-refractivity contribution >= 4 is 0 Å². The van der Waals surface area contributed by atoms with Crippen LogP contribution in [-0.2, 0) is 9.47 Å². The summed E-state index contributed by atoms with van der Waals surface area (Å²) >= 11 is 0. The Labute approximate surface area is 137 Å². The zero-order chi connectivity index (χ0) is 17.5. The minimum absolute atomic E-state index is 0.172. The normalized spacial score (nSPS) is 12.0. The molecule has 0 aromatic rings. The second-order valence-electron chi connectivity index (χ2n) is 6.56.